The summed E-state index contributed by atoms with van der Waals surface area (Å²) in [6.07, 6.45) is 2.02. The standard InChI is InChI=1S/C15H18BrClN2O2/c1-15(20,9-11-3-5-12(16)6-4-11)14-13(17)10-18-19(14)7-8-21-2/h3-6,10,20H,7-9H2,1-2H3. The fourth-order valence-electron chi connectivity index (χ4n) is 2.33. The predicted octanol–water partition coefficient (Wildman–Crippen LogP) is 3.40. The number of halogens is 2. The van der Waals surface area contributed by atoms with Gasteiger partial charge in [0, 0.05) is 18.0 Å². The van der Waals surface area contributed by atoms with Crippen molar-refractivity contribution in [2.24, 2.45) is 0 Å². The summed E-state index contributed by atoms with van der Waals surface area (Å²) in [6.45, 7) is 2.82. The molecule has 1 heterocycles. The average molecular weight is 374 g/mol. The Hall–Kier alpha value is -0.880. The Morgan fingerprint density at radius 3 is 2.67 bits per heavy atom. The van der Waals surface area contributed by atoms with Crippen LogP contribution >= 0.6 is 27.5 Å². The normalized spacial score (nSPS) is 14.1. The molecule has 0 fully saturated rings. The molecule has 21 heavy (non-hydrogen) atoms. The largest absolute Gasteiger partial charge is 0.383 e. The van der Waals surface area contributed by atoms with Crippen LogP contribution in [0.15, 0.2) is 34.9 Å². The maximum absolute atomic E-state index is 10.9. The molecule has 0 saturated carbocycles. The monoisotopic (exact) mass is 372 g/mol. The van der Waals surface area contributed by atoms with E-state index in [2.05, 4.69) is 21.0 Å². The fraction of sp³-hybridized carbons (Fsp3) is 0.400. The van der Waals surface area contributed by atoms with Gasteiger partial charge in [0.2, 0.25) is 0 Å². The van der Waals surface area contributed by atoms with Crippen molar-refractivity contribution >= 4 is 27.5 Å². The Morgan fingerprint density at radius 1 is 1.38 bits per heavy atom. The molecule has 1 aromatic carbocycles. The van der Waals surface area contributed by atoms with Crippen LogP contribution in [0.25, 0.3) is 0 Å². The zero-order valence-corrected chi connectivity index (χ0v) is 14.4. The highest BCUT2D eigenvalue weighted by molar-refractivity contribution is 9.10. The number of benzene rings is 1. The van der Waals surface area contributed by atoms with E-state index in [1.165, 1.54) is 0 Å². The van der Waals surface area contributed by atoms with E-state index in [1.807, 2.05) is 24.3 Å². The Balaban J connectivity index is 2.25. The Labute approximate surface area is 137 Å². The smallest absolute Gasteiger partial charge is 0.109 e. The second kappa shape index (κ2) is 6.92. The molecule has 1 unspecified atom stereocenters. The van der Waals surface area contributed by atoms with Crippen LogP contribution in [-0.4, -0.2) is 28.6 Å². The van der Waals surface area contributed by atoms with E-state index >= 15 is 0 Å². The minimum absolute atomic E-state index is 0.457. The van der Waals surface area contributed by atoms with Gasteiger partial charge in [-0.15, -0.1) is 0 Å². The lowest BCUT2D eigenvalue weighted by Gasteiger charge is -2.25. The van der Waals surface area contributed by atoms with E-state index in [1.54, 1.807) is 24.9 Å². The highest BCUT2D eigenvalue weighted by atomic mass is 79.9. The van der Waals surface area contributed by atoms with Gasteiger partial charge in [0.05, 0.1) is 30.1 Å². The van der Waals surface area contributed by atoms with Crippen LogP contribution in [0.5, 0.6) is 0 Å². The molecule has 0 aliphatic rings. The second-order valence-electron chi connectivity index (χ2n) is 5.13. The van der Waals surface area contributed by atoms with E-state index < -0.39 is 5.60 Å². The molecule has 0 aliphatic heterocycles. The summed E-state index contributed by atoms with van der Waals surface area (Å²) >= 11 is 9.61. The Bertz CT molecular complexity index is 596. The lowest BCUT2D eigenvalue weighted by atomic mass is 9.93. The molecule has 114 valence electrons. The molecule has 1 atom stereocenters. The summed E-state index contributed by atoms with van der Waals surface area (Å²) in [4.78, 5) is 0. The lowest BCUT2D eigenvalue weighted by molar-refractivity contribution is 0.0462. The van der Waals surface area contributed by atoms with E-state index in [0.717, 1.165) is 10.0 Å². The van der Waals surface area contributed by atoms with E-state index in [9.17, 15) is 5.11 Å². The van der Waals surface area contributed by atoms with Gasteiger partial charge in [0.25, 0.3) is 0 Å². The molecule has 0 amide bonds. The third-order valence-electron chi connectivity index (χ3n) is 3.27. The number of rotatable bonds is 6. The van der Waals surface area contributed by atoms with Crippen LogP contribution in [0.1, 0.15) is 18.2 Å². The summed E-state index contributed by atoms with van der Waals surface area (Å²) in [5.74, 6) is 0. The maximum atomic E-state index is 10.9. The van der Waals surface area contributed by atoms with Crippen molar-refractivity contribution in [3.63, 3.8) is 0 Å². The zero-order chi connectivity index (χ0) is 15.5. The summed E-state index contributed by atoms with van der Waals surface area (Å²) in [6, 6.07) is 7.86. The van der Waals surface area contributed by atoms with Crippen molar-refractivity contribution in [3.8, 4) is 0 Å². The molecular weight excluding hydrogens is 356 g/mol. The molecule has 1 aromatic heterocycles. The molecule has 2 rings (SSSR count). The van der Waals surface area contributed by atoms with Crippen LogP contribution in [-0.2, 0) is 23.3 Å². The minimum Gasteiger partial charge on any atom is -0.383 e. The van der Waals surface area contributed by atoms with Crippen molar-refractivity contribution in [1.29, 1.82) is 0 Å². The number of aromatic nitrogens is 2. The number of methoxy groups -OCH3 is 1. The Kier molecular flexibility index (Phi) is 5.43. The number of hydrogen-bond acceptors (Lipinski definition) is 3. The van der Waals surface area contributed by atoms with E-state index in [0.29, 0.717) is 30.3 Å². The van der Waals surface area contributed by atoms with Crippen molar-refractivity contribution < 1.29 is 9.84 Å². The van der Waals surface area contributed by atoms with Crippen molar-refractivity contribution in [2.45, 2.75) is 25.5 Å². The first-order chi connectivity index (χ1) is 9.94. The third-order valence-corrected chi connectivity index (χ3v) is 4.08. The van der Waals surface area contributed by atoms with Crippen LogP contribution in [0, 0.1) is 0 Å². The molecule has 0 bridgehead atoms. The molecule has 0 saturated heterocycles. The van der Waals surface area contributed by atoms with Crippen LogP contribution in [0.3, 0.4) is 0 Å². The third kappa shape index (κ3) is 4.07. The van der Waals surface area contributed by atoms with E-state index in [4.69, 9.17) is 16.3 Å². The SMILES string of the molecule is COCCn1ncc(Cl)c1C(C)(O)Cc1ccc(Br)cc1. The first-order valence-corrected chi connectivity index (χ1v) is 7.78. The van der Waals surface area contributed by atoms with E-state index in [-0.39, 0.29) is 0 Å². The van der Waals surface area contributed by atoms with Crippen LogP contribution in [0.2, 0.25) is 5.02 Å². The maximum Gasteiger partial charge on any atom is 0.109 e. The van der Waals surface area contributed by atoms with Gasteiger partial charge < -0.3 is 9.84 Å². The molecular formula is C15H18BrClN2O2. The van der Waals surface area contributed by atoms with Gasteiger partial charge >= 0.3 is 0 Å². The molecule has 0 radical (unpaired) electrons. The van der Waals surface area contributed by atoms with Gasteiger partial charge in [0.15, 0.2) is 0 Å². The molecule has 2 aromatic rings. The summed E-state index contributed by atoms with van der Waals surface area (Å²) < 4.78 is 7.77. The lowest BCUT2D eigenvalue weighted by Crippen LogP contribution is -2.29. The van der Waals surface area contributed by atoms with Gasteiger partial charge in [-0.1, -0.05) is 39.7 Å². The minimum atomic E-state index is -1.10. The molecule has 0 aliphatic carbocycles. The highest BCUT2D eigenvalue weighted by Crippen LogP contribution is 2.31. The second-order valence-corrected chi connectivity index (χ2v) is 6.46. The average Bonchev–Trinajstić information content (AvgIpc) is 2.81. The van der Waals surface area contributed by atoms with Gasteiger partial charge in [-0.25, -0.2) is 0 Å². The topological polar surface area (TPSA) is 47.3 Å². The number of aliphatic hydroxyl groups is 1. The molecule has 1 N–H and O–H groups in total. The molecule has 6 heteroatoms. The van der Waals surface area contributed by atoms with Crippen molar-refractivity contribution in [1.82, 2.24) is 9.78 Å². The van der Waals surface area contributed by atoms with Gasteiger partial charge in [-0.05, 0) is 24.6 Å². The first-order valence-electron chi connectivity index (χ1n) is 6.61. The zero-order valence-electron chi connectivity index (χ0n) is 12.0. The quantitative estimate of drug-likeness (QED) is 0.844. The number of nitrogens with zero attached hydrogens (tertiary/aromatic N) is 2. The highest BCUT2D eigenvalue weighted by Gasteiger charge is 2.30. The number of ether oxygens (including phenoxy) is 1. The van der Waals surface area contributed by atoms with Crippen LogP contribution < -0.4 is 0 Å². The molecule has 0 spiro atoms. The predicted molar refractivity (Wildman–Crippen MR) is 86.5 cm³/mol. The number of hydrogen-bond donors (Lipinski definition) is 1. The van der Waals surface area contributed by atoms with Crippen molar-refractivity contribution in [3.05, 3.63) is 51.2 Å². The molecule has 4 nitrogen and oxygen atoms in total. The summed E-state index contributed by atoms with van der Waals surface area (Å²) in [5, 5.41) is 15.5. The summed E-state index contributed by atoms with van der Waals surface area (Å²) in [7, 11) is 1.63. The van der Waals surface area contributed by atoms with Gasteiger partial charge in [0.1, 0.15) is 5.60 Å². The van der Waals surface area contributed by atoms with Crippen LogP contribution in [0.4, 0.5) is 0 Å². The van der Waals surface area contributed by atoms with Crippen molar-refractivity contribution in [2.75, 3.05) is 13.7 Å². The van der Waals surface area contributed by atoms with Gasteiger partial charge in [-0.2, -0.15) is 5.10 Å². The van der Waals surface area contributed by atoms with Gasteiger partial charge in [-0.3, -0.25) is 4.68 Å². The Morgan fingerprint density at radius 2 is 2.05 bits per heavy atom. The first kappa shape index (κ1) is 16.5. The summed E-state index contributed by atoms with van der Waals surface area (Å²) in [5.41, 5.74) is 0.540. The fourth-order valence-corrected chi connectivity index (χ4v) is 2.94.